The van der Waals surface area contributed by atoms with Crippen LogP contribution in [0.2, 0.25) is 5.15 Å². The molecule has 1 amide bonds. The van der Waals surface area contributed by atoms with Gasteiger partial charge in [-0.3, -0.25) is 4.79 Å². The maximum atomic E-state index is 10.8. The van der Waals surface area contributed by atoms with Crippen molar-refractivity contribution in [3.8, 4) is 10.7 Å². The molecule has 3 aromatic rings. The molecule has 3 rings (SSSR count). The SMILES string of the molecule is CN(C=O)c1ccc(-c2nc3ccc(I)cc3s2)nc1Cl. The minimum absolute atomic E-state index is 0.288. The number of benzene rings is 1. The van der Waals surface area contributed by atoms with E-state index in [9.17, 15) is 4.79 Å². The van der Waals surface area contributed by atoms with E-state index in [2.05, 4.69) is 38.6 Å². The Morgan fingerprint density at radius 3 is 2.81 bits per heavy atom. The number of nitrogens with zero attached hydrogens (tertiary/aromatic N) is 3. The zero-order chi connectivity index (χ0) is 15.0. The van der Waals surface area contributed by atoms with Crippen LogP contribution in [0.15, 0.2) is 30.3 Å². The van der Waals surface area contributed by atoms with Gasteiger partial charge in [0.25, 0.3) is 0 Å². The molecule has 1 aromatic carbocycles. The predicted octanol–water partition coefficient (Wildman–Crippen LogP) is 4.21. The number of anilines is 1. The molecule has 0 aliphatic heterocycles. The molecule has 0 fully saturated rings. The zero-order valence-corrected chi connectivity index (χ0v) is 14.6. The highest BCUT2D eigenvalue weighted by Gasteiger charge is 2.12. The van der Waals surface area contributed by atoms with Gasteiger partial charge < -0.3 is 4.90 Å². The van der Waals surface area contributed by atoms with Crippen LogP contribution in [0.3, 0.4) is 0 Å². The van der Waals surface area contributed by atoms with Crippen molar-refractivity contribution < 1.29 is 4.79 Å². The fraction of sp³-hybridized carbons (Fsp3) is 0.0714. The third-order valence-electron chi connectivity index (χ3n) is 2.94. The summed E-state index contributed by atoms with van der Waals surface area (Å²) in [4.78, 5) is 21.1. The van der Waals surface area contributed by atoms with Crippen LogP contribution in [-0.2, 0) is 4.79 Å². The Labute approximate surface area is 143 Å². The standard InChI is InChI=1S/C14H9ClIN3OS/c1-19(7-20)11-5-4-10(17-13(11)15)14-18-9-3-2-8(16)6-12(9)21-14/h2-7H,1H3. The first kappa shape index (κ1) is 14.7. The Hall–Kier alpha value is -1.25. The quantitative estimate of drug-likeness (QED) is 0.356. The summed E-state index contributed by atoms with van der Waals surface area (Å²) in [5.74, 6) is 0. The molecule has 2 aromatic heterocycles. The molecule has 106 valence electrons. The molecule has 0 saturated heterocycles. The molecule has 21 heavy (non-hydrogen) atoms. The molecular formula is C14H9ClIN3OS. The Morgan fingerprint density at radius 1 is 1.29 bits per heavy atom. The molecule has 0 spiro atoms. The van der Waals surface area contributed by atoms with Crippen LogP contribution in [0.25, 0.3) is 20.9 Å². The lowest BCUT2D eigenvalue weighted by atomic mass is 10.3. The monoisotopic (exact) mass is 429 g/mol. The highest BCUT2D eigenvalue weighted by molar-refractivity contribution is 14.1. The summed E-state index contributed by atoms with van der Waals surface area (Å²) >= 11 is 9.99. The summed E-state index contributed by atoms with van der Waals surface area (Å²) in [6.45, 7) is 0. The number of aromatic nitrogens is 2. The number of rotatable bonds is 3. The summed E-state index contributed by atoms with van der Waals surface area (Å²) < 4.78 is 2.29. The van der Waals surface area contributed by atoms with Crippen LogP contribution < -0.4 is 4.90 Å². The molecule has 0 radical (unpaired) electrons. The van der Waals surface area contributed by atoms with Gasteiger partial charge in [0.15, 0.2) is 5.15 Å². The summed E-state index contributed by atoms with van der Waals surface area (Å²) in [7, 11) is 1.63. The first-order valence-electron chi connectivity index (χ1n) is 5.99. The van der Waals surface area contributed by atoms with Crippen LogP contribution in [0, 0.1) is 3.57 Å². The molecule has 0 aliphatic rings. The van der Waals surface area contributed by atoms with Gasteiger partial charge in [0.1, 0.15) is 10.7 Å². The van der Waals surface area contributed by atoms with E-state index in [1.165, 1.54) is 8.47 Å². The van der Waals surface area contributed by atoms with Crippen molar-refractivity contribution in [2.45, 2.75) is 0 Å². The largest absolute Gasteiger partial charge is 0.315 e. The van der Waals surface area contributed by atoms with Crippen molar-refractivity contribution in [3.05, 3.63) is 39.1 Å². The Morgan fingerprint density at radius 2 is 2.10 bits per heavy atom. The van der Waals surface area contributed by atoms with E-state index in [1.54, 1.807) is 24.5 Å². The van der Waals surface area contributed by atoms with Crippen LogP contribution in [-0.4, -0.2) is 23.4 Å². The van der Waals surface area contributed by atoms with Crippen LogP contribution in [0.5, 0.6) is 0 Å². The highest BCUT2D eigenvalue weighted by Crippen LogP contribution is 2.32. The van der Waals surface area contributed by atoms with Gasteiger partial charge in [-0.25, -0.2) is 9.97 Å². The molecule has 0 aliphatic carbocycles. The highest BCUT2D eigenvalue weighted by atomic mass is 127. The smallest absolute Gasteiger partial charge is 0.213 e. The van der Waals surface area contributed by atoms with E-state index < -0.39 is 0 Å². The molecule has 4 nitrogen and oxygen atoms in total. The van der Waals surface area contributed by atoms with Gasteiger partial charge in [-0.1, -0.05) is 11.6 Å². The van der Waals surface area contributed by atoms with Crippen LogP contribution in [0.1, 0.15) is 0 Å². The van der Waals surface area contributed by atoms with Crippen molar-refractivity contribution in [3.63, 3.8) is 0 Å². The minimum atomic E-state index is 0.288. The summed E-state index contributed by atoms with van der Waals surface area (Å²) in [6, 6.07) is 9.70. The fourth-order valence-electron chi connectivity index (χ4n) is 1.87. The van der Waals surface area contributed by atoms with Crippen molar-refractivity contribution in [2.75, 3.05) is 11.9 Å². The number of carbonyl (C=O) groups excluding carboxylic acids is 1. The Bertz CT molecular complexity index is 836. The summed E-state index contributed by atoms with van der Waals surface area (Å²) in [5, 5.41) is 1.10. The number of hydrogen-bond donors (Lipinski definition) is 0. The minimum Gasteiger partial charge on any atom is -0.315 e. The van der Waals surface area contributed by atoms with Gasteiger partial charge >= 0.3 is 0 Å². The molecule has 0 bridgehead atoms. The maximum Gasteiger partial charge on any atom is 0.213 e. The number of amides is 1. The average Bonchev–Trinajstić information content (AvgIpc) is 2.89. The van der Waals surface area contributed by atoms with E-state index in [0.717, 1.165) is 15.2 Å². The topological polar surface area (TPSA) is 46.1 Å². The number of carbonyl (C=O) groups is 1. The van der Waals surface area contributed by atoms with E-state index in [-0.39, 0.29) is 5.15 Å². The maximum absolute atomic E-state index is 10.8. The molecule has 0 N–H and O–H groups in total. The van der Waals surface area contributed by atoms with Gasteiger partial charge in [-0.2, -0.15) is 0 Å². The van der Waals surface area contributed by atoms with Crippen LogP contribution >= 0.6 is 45.5 Å². The van der Waals surface area contributed by atoms with E-state index >= 15 is 0 Å². The second kappa shape index (κ2) is 5.86. The zero-order valence-electron chi connectivity index (χ0n) is 10.9. The number of thiazole rings is 1. The summed E-state index contributed by atoms with van der Waals surface area (Å²) in [6.07, 6.45) is 0.697. The van der Waals surface area contributed by atoms with Crippen LogP contribution in [0.4, 0.5) is 5.69 Å². The van der Waals surface area contributed by atoms with Crippen molar-refractivity contribution in [1.82, 2.24) is 9.97 Å². The normalized spacial score (nSPS) is 10.8. The first-order valence-corrected chi connectivity index (χ1v) is 8.27. The van der Waals surface area contributed by atoms with Gasteiger partial charge in [-0.15, -0.1) is 11.3 Å². The molecule has 0 saturated carbocycles. The average molecular weight is 430 g/mol. The second-order valence-corrected chi connectivity index (χ2v) is 6.99. The van der Waals surface area contributed by atoms with Gasteiger partial charge in [0.2, 0.25) is 6.41 Å². The molecule has 0 atom stereocenters. The Kier molecular flexibility index (Phi) is 4.10. The number of pyridine rings is 1. The molecule has 7 heteroatoms. The van der Waals surface area contributed by atoms with E-state index in [1.807, 2.05) is 18.2 Å². The van der Waals surface area contributed by atoms with Crippen molar-refractivity contribution in [2.24, 2.45) is 0 Å². The number of hydrogen-bond acceptors (Lipinski definition) is 4. The van der Waals surface area contributed by atoms with Gasteiger partial charge in [0.05, 0.1) is 15.9 Å². The molecular weight excluding hydrogens is 421 g/mol. The second-order valence-electron chi connectivity index (χ2n) is 4.35. The number of fused-ring (bicyclic) bond motifs is 1. The Balaban J connectivity index is 2.06. The first-order chi connectivity index (χ1) is 10.1. The molecule has 0 unspecified atom stereocenters. The fourth-order valence-corrected chi connectivity index (χ4v) is 3.84. The van der Waals surface area contributed by atoms with Gasteiger partial charge in [0, 0.05) is 10.6 Å². The third-order valence-corrected chi connectivity index (χ3v) is 4.93. The number of halogens is 2. The van der Waals surface area contributed by atoms with Gasteiger partial charge in [-0.05, 0) is 52.9 Å². The van der Waals surface area contributed by atoms with E-state index in [0.29, 0.717) is 17.8 Å². The molecule has 2 heterocycles. The lowest BCUT2D eigenvalue weighted by Crippen LogP contribution is -2.14. The van der Waals surface area contributed by atoms with Crippen molar-refractivity contribution >= 4 is 67.8 Å². The predicted molar refractivity (Wildman–Crippen MR) is 95.0 cm³/mol. The lowest BCUT2D eigenvalue weighted by Gasteiger charge is -2.12. The lowest BCUT2D eigenvalue weighted by molar-refractivity contribution is -0.107. The third kappa shape index (κ3) is 2.88. The summed E-state index contributed by atoms with van der Waals surface area (Å²) in [5.41, 5.74) is 2.23. The van der Waals surface area contributed by atoms with E-state index in [4.69, 9.17) is 11.6 Å². The van der Waals surface area contributed by atoms with Crippen molar-refractivity contribution in [1.29, 1.82) is 0 Å².